The summed E-state index contributed by atoms with van der Waals surface area (Å²) in [6.45, 7) is 0.217. The van der Waals surface area contributed by atoms with Crippen LogP contribution in [0, 0.1) is 11.6 Å². The van der Waals surface area contributed by atoms with Gasteiger partial charge in [-0.1, -0.05) is 0 Å². The van der Waals surface area contributed by atoms with Gasteiger partial charge >= 0.3 is 0 Å². The lowest BCUT2D eigenvalue weighted by Gasteiger charge is -2.22. The lowest BCUT2D eigenvalue weighted by molar-refractivity contribution is 0.111. The minimum Gasteiger partial charge on any atom is -0.490 e. The van der Waals surface area contributed by atoms with Crippen LogP contribution in [-0.4, -0.2) is 11.7 Å². The first-order chi connectivity index (χ1) is 6.20. The second-order valence-corrected chi connectivity index (χ2v) is 2.93. The Bertz CT molecular complexity index is 339. The minimum atomic E-state index is -1.02. The summed E-state index contributed by atoms with van der Waals surface area (Å²) in [6.07, 6.45) is -0.336. The van der Waals surface area contributed by atoms with Gasteiger partial charge in [-0.3, -0.25) is 0 Å². The van der Waals surface area contributed by atoms with Crippen molar-refractivity contribution >= 4 is 0 Å². The van der Waals surface area contributed by atoms with Crippen LogP contribution in [0.5, 0.6) is 5.75 Å². The second-order valence-electron chi connectivity index (χ2n) is 2.93. The van der Waals surface area contributed by atoms with Gasteiger partial charge in [-0.05, 0) is 12.1 Å². The first kappa shape index (κ1) is 8.44. The van der Waals surface area contributed by atoms with Crippen LogP contribution in [0.3, 0.4) is 0 Å². The summed E-state index contributed by atoms with van der Waals surface area (Å²) < 4.78 is 30.7. The van der Waals surface area contributed by atoms with Crippen molar-refractivity contribution < 1.29 is 18.6 Å². The summed E-state index contributed by atoms with van der Waals surface area (Å²) in [5.74, 6) is -2.12. The largest absolute Gasteiger partial charge is 0.490 e. The summed E-state index contributed by atoms with van der Waals surface area (Å²) in [4.78, 5) is 0. The Morgan fingerprint density at radius 1 is 1.38 bits per heavy atom. The number of hydrogen-bond donors (Lipinski definition) is 1. The Kier molecular flexibility index (Phi) is 1.92. The molecule has 1 aromatic rings. The molecule has 0 amide bonds. The van der Waals surface area contributed by atoms with Crippen LogP contribution in [0.25, 0.3) is 0 Å². The summed E-state index contributed by atoms with van der Waals surface area (Å²) in [5, 5.41) is 9.41. The van der Waals surface area contributed by atoms with Crippen molar-refractivity contribution in [2.45, 2.75) is 12.5 Å². The van der Waals surface area contributed by atoms with Gasteiger partial charge in [-0.25, -0.2) is 4.39 Å². The molecule has 2 nitrogen and oxygen atoms in total. The number of hydrogen-bond acceptors (Lipinski definition) is 2. The van der Waals surface area contributed by atoms with E-state index in [1.165, 1.54) is 6.07 Å². The molecular weight excluding hydrogens is 178 g/mol. The van der Waals surface area contributed by atoms with Crippen molar-refractivity contribution in [1.29, 1.82) is 0 Å². The average Bonchev–Trinajstić information content (AvgIpc) is 2.12. The predicted molar refractivity (Wildman–Crippen MR) is 41.4 cm³/mol. The van der Waals surface area contributed by atoms with Crippen molar-refractivity contribution in [3.63, 3.8) is 0 Å². The third-order valence-corrected chi connectivity index (χ3v) is 2.08. The number of halogens is 2. The third-order valence-electron chi connectivity index (χ3n) is 2.08. The summed E-state index contributed by atoms with van der Waals surface area (Å²) in [5.41, 5.74) is 0.324. The van der Waals surface area contributed by atoms with E-state index in [1.807, 2.05) is 0 Å². The van der Waals surface area contributed by atoms with Crippen LogP contribution in [0.15, 0.2) is 12.1 Å². The van der Waals surface area contributed by atoms with E-state index in [-0.39, 0.29) is 12.4 Å². The highest BCUT2D eigenvalue weighted by molar-refractivity contribution is 5.38. The molecule has 0 bridgehead atoms. The predicted octanol–water partition coefficient (Wildman–Crippen LogP) is 1.78. The topological polar surface area (TPSA) is 29.5 Å². The van der Waals surface area contributed by atoms with Crippen molar-refractivity contribution in [2.24, 2.45) is 0 Å². The first-order valence-electron chi connectivity index (χ1n) is 3.99. The fourth-order valence-corrected chi connectivity index (χ4v) is 1.38. The van der Waals surface area contributed by atoms with Crippen molar-refractivity contribution in [3.8, 4) is 5.75 Å². The summed E-state index contributed by atoms with van der Waals surface area (Å²) >= 11 is 0. The van der Waals surface area contributed by atoms with E-state index in [9.17, 15) is 13.9 Å². The van der Waals surface area contributed by atoms with Crippen LogP contribution >= 0.6 is 0 Å². The van der Waals surface area contributed by atoms with Crippen LogP contribution in [0.4, 0.5) is 8.78 Å². The Labute approximate surface area is 73.8 Å². The zero-order valence-corrected chi connectivity index (χ0v) is 6.76. The number of aliphatic hydroxyl groups is 1. The first-order valence-corrected chi connectivity index (χ1v) is 3.99. The Morgan fingerprint density at radius 2 is 2.15 bits per heavy atom. The van der Waals surface area contributed by atoms with Crippen molar-refractivity contribution in [2.75, 3.05) is 6.61 Å². The Balaban J connectivity index is 2.56. The van der Waals surface area contributed by atoms with Crippen LogP contribution in [0.1, 0.15) is 18.1 Å². The molecule has 0 saturated carbocycles. The van der Waals surface area contributed by atoms with Gasteiger partial charge in [0.1, 0.15) is 0 Å². The molecule has 1 aliphatic heterocycles. The average molecular weight is 186 g/mol. The van der Waals surface area contributed by atoms with Crippen molar-refractivity contribution in [1.82, 2.24) is 0 Å². The van der Waals surface area contributed by atoms with Crippen LogP contribution < -0.4 is 4.74 Å². The summed E-state index contributed by atoms with van der Waals surface area (Å²) in [6, 6.07) is 2.34. The molecule has 70 valence electrons. The van der Waals surface area contributed by atoms with Gasteiger partial charge in [0, 0.05) is 12.0 Å². The maximum absolute atomic E-state index is 13.0. The normalized spacial score (nSPS) is 20.7. The Hall–Kier alpha value is -1.16. The van der Waals surface area contributed by atoms with E-state index in [4.69, 9.17) is 4.74 Å². The van der Waals surface area contributed by atoms with E-state index in [1.54, 1.807) is 0 Å². The quantitative estimate of drug-likeness (QED) is 0.669. The SMILES string of the molecule is OC1CCOc2c1ccc(F)c2F. The van der Waals surface area contributed by atoms with Gasteiger partial charge in [0.2, 0.25) is 5.82 Å². The van der Waals surface area contributed by atoms with Crippen LogP contribution in [-0.2, 0) is 0 Å². The molecule has 0 fully saturated rings. The highest BCUT2D eigenvalue weighted by Gasteiger charge is 2.24. The van der Waals surface area contributed by atoms with E-state index in [0.29, 0.717) is 12.0 Å². The zero-order chi connectivity index (χ0) is 9.42. The van der Waals surface area contributed by atoms with E-state index in [2.05, 4.69) is 0 Å². The van der Waals surface area contributed by atoms with E-state index >= 15 is 0 Å². The number of fused-ring (bicyclic) bond motifs is 1. The molecular formula is C9H8F2O2. The number of benzene rings is 1. The molecule has 0 spiro atoms. The van der Waals surface area contributed by atoms with Gasteiger partial charge in [-0.2, -0.15) is 4.39 Å². The fraction of sp³-hybridized carbons (Fsp3) is 0.333. The van der Waals surface area contributed by atoms with E-state index < -0.39 is 17.7 Å². The lowest BCUT2D eigenvalue weighted by atomic mass is 10.0. The molecule has 1 N–H and O–H groups in total. The van der Waals surface area contributed by atoms with E-state index in [0.717, 1.165) is 6.07 Å². The maximum atomic E-state index is 13.0. The highest BCUT2D eigenvalue weighted by atomic mass is 19.2. The molecule has 1 heterocycles. The molecule has 1 atom stereocenters. The second kappa shape index (κ2) is 2.96. The monoisotopic (exact) mass is 186 g/mol. The van der Waals surface area contributed by atoms with Gasteiger partial charge in [0.05, 0.1) is 12.7 Å². The third kappa shape index (κ3) is 1.27. The Morgan fingerprint density at radius 3 is 2.92 bits per heavy atom. The smallest absolute Gasteiger partial charge is 0.200 e. The number of aliphatic hydroxyl groups excluding tert-OH is 1. The molecule has 1 unspecified atom stereocenters. The molecule has 0 aliphatic carbocycles. The van der Waals surface area contributed by atoms with Gasteiger partial charge < -0.3 is 9.84 Å². The molecule has 0 radical (unpaired) electrons. The van der Waals surface area contributed by atoms with Gasteiger partial charge in [-0.15, -0.1) is 0 Å². The number of ether oxygens (including phenoxy) is 1. The molecule has 0 saturated heterocycles. The van der Waals surface area contributed by atoms with Crippen LogP contribution in [0.2, 0.25) is 0 Å². The fourth-order valence-electron chi connectivity index (χ4n) is 1.38. The van der Waals surface area contributed by atoms with Gasteiger partial charge in [0.15, 0.2) is 11.6 Å². The number of rotatable bonds is 0. The minimum absolute atomic E-state index is 0.154. The standard InChI is InChI=1S/C9H8F2O2/c10-6-2-1-5-7(12)3-4-13-9(5)8(6)11/h1-2,7,12H,3-4H2. The molecule has 2 rings (SSSR count). The molecule has 4 heteroatoms. The molecule has 0 aromatic heterocycles. The highest BCUT2D eigenvalue weighted by Crippen LogP contribution is 2.34. The zero-order valence-electron chi connectivity index (χ0n) is 6.76. The lowest BCUT2D eigenvalue weighted by Crippen LogP contribution is -2.15. The van der Waals surface area contributed by atoms with Gasteiger partial charge in [0.25, 0.3) is 0 Å². The molecule has 13 heavy (non-hydrogen) atoms. The molecule has 1 aromatic carbocycles. The molecule has 1 aliphatic rings. The summed E-state index contributed by atoms with van der Waals surface area (Å²) in [7, 11) is 0. The van der Waals surface area contributed by atoms with Crippen molar-refractivity contribution in [3.05, 3.63) is 29.3 Å². The maximum Gasteiger partial charge on any atom is 0.200 e.